The SMILES string of the molecule is CCC(=O)c1ccc(OCC(=O)N(C)Cc2ccc(Cl)c(Cl)c2)cc1. The fourth-order valence-electron chi connectivity index (χ4n) is 2.20. The van der Waals surface area contributed by atoms with Crippen molar-refractivity contribution in [3.8, 4) is 5.75 Å². The van der Waals surface area contributed by atoms with Crippen molar-refractivity contribution in [3.05, 3.63) is 63.6 Å². The predicted molar refractivity (Wildman–Crippen MR) is 99.5 cm³/mol. The van der Waals surface area contributed by atoms with Crippen molar-refractivity contribution in [1.29, 1.82) is 0 Å². The van der Waals surface area contributed by atoms with Gasteiger partial charge in [0, 0.05) is 25.6 Å². The zero-order valence-corrected chi connectivity index (χ0v) is 15.6. The minimum atomic E-state index is -0.167. The highest BCUT2D eigenvalue weighted by Crippen LogP contribution is 2.23. The molecule has 0 unspecified atom stereocenters. The Morgan fingerprint density at radius 3 is 2.32 bits per heavy atom. The molecule has 0 bridgehead atoms. The van der Waals surface area contributed by atoms with Gasteiger partial charge in [-0.3, -0.25) is 9.59 Å². The second kappa shape index (κ2) is 8.88. The van der Waals surface area contributed by atoms with E-state index in [1.54, 1.807) is 48.3 Å². The number of ketones is 1. The summed E-state index contributed by atoms with van der Waals surface area (Å²) in [5.74, 6) is 0.452. The molecule has 0 atom stereocenters. The number of hydrogen-bond acceptors (Lipinski definition) is 3. The minimum Gasteiger partial charge on any atom is -0.484 e. The van der Waals surface area contributed by atoms with Crippen molar-refractivity contribution in [2.45, 2.75) is 19.9 Å². The largest absolute Gasteiger partial charge is 0.484 e. The second-order valence-corrected chi connectivity index (χ2v) is 6.40. The van der Waals surface area contributed by atoms with Gasteiger partial charge in [0.05, 0.1) is 10.0 Å². The van der Waals surface area contributed by atoms with Gasteiger partial charge in [-0.25, -0.2) is 0 Å². The van der Waals surface area contributed by atoms with E-state index in [1.807, 2.05) is 13.0 Å². The number of carbonyl (C=O) groups is 2. The molecular formula is C19H19Cl2NO3. The Balaban J connectivity index is 1.88. The van der Waals surface area contributed by atoms with E-state index < -0.39 is 0 Å². The average molecular weight is 380 g/mol. The lowest BCUT2D eigenvalue weighted by molar-refractivity contribution is -0.132. The van der Waals surface area contributed by atoms with Crippen LogP contribution in [0.2, 0.25) is 10.0 Å². The molecule has 0 aliphatic carbocycles. The number of Topliss-reactive ketones (excluding diaryl/α,β-unsaturated/α-hetero) is 1. The molecule has 0 aliphatic heterocycles. The highest BCUT2D eigenvalue weighted by atomic mass is 35.5. The fraction of sp³-hybridized carbons (Fsp3) is 0.263. The maximum Gasteiger partial charge on any atom is 0.260 e. The van der Waals surface area contributed by atoms with Crippen LogP contribution in [0, 0.1) is 0 Å². The van der Waals surface area contributed by atoms with E-state index in [4.69, 9.17) is 27.9 Å². The Kier molecular flexibility index (Phi) is 6.85. The molecule has 132 valence electrons. The first kappa shape index (κ1) is 19.3. The van der Waals surface area contributed by atoms with E-state index in [1.165, 1.54) is 0 Å². The first-order valence-electron chi connectivity index (χ1n) is 7.84. The molecule has 6 heteroatoms. The summed E-state index contributed by atoms with van der Waals surface area (Å²) in [7, 11) is 1.69. The summed E-state index contributed by atoms with van der Waals surface area (Å²) in [6.07, 6.45) is 0.457. The lowest BCUT2D eigenvalue weighted by Crippen LogP contribution is -2.30. The standard InChI is InChI=1S/C19H19Cl2NO3/c1-3-18(23)14-5-7-15(8-6-14)25-12-19(24)22(2)11-13-4-9-16(20)17(21)10-13/h4-10H,3,11-12H2,1-2H3. The van der Waals surface area contributed by atoms with Gasteiger partial charge in [-0.05, 0) is 42.0 Å². The van der Waals surface area contributed by atoms with Crippen molar-refractivity contribution < 1.29 is 14.3 Å². The van der Waals surface area contributed by atoms with E-state index in [9.17, 15) is 9.59 Å². The van der Waals surface area contributed by atoms with Crippen LogP contribution in [0.3, 0.4) is 0 Å². The first-order valence-corrected chi connectivity index (χ1v) is 8.60. The quantitative estimate of drug-likeness (QED) is 0.659. The van der Waals surface area contributed by atoms with Crippen LogP contribution in [0.25, 0.3) is 0 Å². The smallest absolute Gasteiger partial charge is 0.260 e. The average Bonchev–Trinajstić information content (AvgIpc) is 2.62. The molecule has 1 amide bonds. The normalized spacial score (nSPS) is 10.4. The number of nitrogens with zero attached hydrogens (tertiary/aromatic N) is 1. The molecule has 0 saturated carbocycles. The third-order valence-corrected chi connectivity index (χ3v) is 4.43. The molecule has 0 radical (unpaired) electrons. The molecule has 0 fully saturated rings. The first-order chi connectivity index (χ1) is 11.9. The number of benzene rings is 2. The van der Waals surface area contributed by atoms with E-state index in [0.717, 1.165) is 5.56 Å². The third-order valence-electron chi connectivity index (χ3n) is 3.69. The molecule has 25 heavy (non-hydrogen) atoms. The fourth-order valence-corrected chi connectivity index (χ4v) is 2.52. The summed E-state index contributed by atoms with van der Waals surface area (Å²) in [6, 6.07) is 12.0. The third kappa shape index (κ3) is 5.48. The van der Waals surface area contributed by atoms with Gasteiger partial charge in [0.25, 0.3) is 5.91 Å². The van der Waals surface area contributed by atoms with E-state index >= 15 is 0 Å². The van der Waals surface area contributed by atoms with Crippen molar-refractivity contribution in [3.63, 3.8) is 0 Å². The van der Waals surface area contributed by atoms with Crippen LogP contribution in [0.1, 0.15) is 29.3 Å². The molecule has 4 nitrogen and oxygen atoms in total. The predicted octanol–water partition coefficient (Wildman–Crippen LogP) is 4.62. The number of rotatable bonds is 7. The van der Waals surface area contributed by atoms with Gasteiger partial charge in [-0.15, -0.1) is 0 Å². The van der Waals surface area contributed by atoms with Crippen molar-refractivity contribution in [1.82, 2.24) is 4.90 Å². The number of likely N-dealkylation sites (N-methyl/N-ethyl adjacent to an activating group) is 1. The van der Waals surface area contributed by atoms with Gasteiger partial charge in [-0.2, -0.15) is 0 Å². The number of halogens is 2. The lowest BCUT2D eigenvalue weighted by atomic mass is 10.1. The number of ether oxygens (including phenoxy) is 1. The summed E-state index contributed by atoms with van der Waals surface area (Å²) in [4.78, 5) is 25.3. The van der Waals surface area contributed by atoms with Crippen molar-refractivity contribution in [2.24, 2.45) is 0 Å². The Morgan fingerprint density at radius 2 is 1.72 bits per heavy atom. The summed E-state index contributed by atoms with van der Waals surface area (Å²) >= 11 is 11.9. The van der Waals surface area contributed by atoms with Crippen molar-refractivity contribution in [2.75, 3.05) is 13.7 Å². The molecule has 0 N–H and O–H groups in total. The molecule has 0 aliphatic rings. The summed E-state index contributed by atoms with van der Waals surface area (Å²) in [6.45, 7) is 2.14. The maximum absolute atomic E-state index is 12.2. The van der Waals surface area contributed by atoms with Crippen LogP contribution in [0.5, 0.6) is 5.75 Å². The van der Waals surface area contributed by atoms with Gasteiger partial charge in [0.15, 0.2) is 12.4 Å². The van der Waals surface area contributed by atoms with Crippen LogP contribution in [-0.2, 0) is 11.3 Å². The number of hydrogen-bond donors (Lipinski definition) is 0. The molecule has 2 rings (SSSR count). The van der Waals surface area contributed by atoms with Gasteiger partial charge >= 0.3 is 0 Å². The number of amides is 1. The topological polar surface area (TPSA) is 46.6 Å². The maximum atomic E-state index is 12.2. The van der Waals surface area contributed by atoms with E-state index in [2.05, 4.69) is 0 Å². The van der Waals surface area contributed by atoms with Crippen LogP contribution >= 0.6 is 23.2 Å². The van der Waals surface area contributed by atoms with Crippen LogP contribution < -0.4 is 4.74 Å². The number of carbonyl (C=O) groups excluding carboxylic acids is 2. The molecular weight excluding hydrogens is 361 g/mol. The highest BCUT2D eigenvalue weighted by Gasteiger charge is 2.11. The summed E-state index contributed by atoms with van der Waals surface area (Å²) in [5.41, 5.74) is 1.52. The van der Waals surface area contributed by atoms with Crippen molar-refractivity contribution >= 4 is 34.9 Å². The molecule has 2 aromatic carbocycles. The Hall–Kier alpha value is -2.04. The van der Waals surface area contributed by atoms with Gasteiger partial charge in [0.2, 0.25) is 0 Å². The van der Waals surface area contributed by atoms with Gasteiger partial charge in [0.1, 0.15) is 5.75 Å². The molecule has 0 spiro atoms. The van der Waals surface area contributed by atoms with Crippen LogP contribution in [0.15, 0.2) is 42.5 Å². The van der Waals surface area contributed by atoms with Gasteiger partial charge in [-0.1, -0.05) is 36.2 Å². The van der Waals surface area contributed by atoms with E-state index in [0.29, 0.717) is 34.3 Å². The van der Waals surface area contributed by atoms with Crippen LogP contribution in [-0.4, -0.2) is 30.2 Å². The zero-order chi connectivity index (χ0) is 18.4. The molecule has 0 aromatic heterocycles. The Morgan fingerprint density at radius 1 is 1.04 bits per heavy atom. The zero-order valence-electron chi connectivity index (χ0n) is 14.1. The van der Waals surface area contributed by atoms with E-state index in [-0.39, 0.29) is 18.3 Å². The Bertz CT molecular complexity index is 760. The summed E-state index contributed by atoms with van der Waals surface area (Å²) < 4.78 is 5.49. The van der Waals surface area contributed by atoms with Gasteiger partial charge < -0.3 is 9.64 Å². The minimum absolute atomic E-state index is 0.0731. The molecule has 0 saturated heterocycles. The molecule has 0 heterocycles. The second-order valence-electron chi connectivity index (χ2n) is 5.59. The highest BCUT2D eigenvalue weighted by molar-refractivity contribution is 6.42. The Labute approximate surface area is 157 Å². The monoisotopic (exact) mass is 379 g/mol. The molecule has 2 aromatic rings. The van der Waals surface area contributed by atoms with Crippen LogP contribution in [0.4, 0.5) is 0 Å². The summed E-state index contributed by atoms with van der Waals surface area (Å²) in [5, 5.41) is 0.936. The lowest BCUT2D eigenvalue weighted by Gasteiger charge is -2.18.